The molecule has 0 spiro atoms. The summed E-state index contributed by atoms with van der Waals surface area (Å²) >= 11 is 0. The van der Waals surface area contributed by atoms with E-state index in [2.05, 4.69) is 63.7 Å². The Morgan fingerprint density at radius 2 is 1.52 bits per heavy atom. The van der Waals surface area contributed by atoms with E-state index in [9.17, 15) is 0 Å². The molecule has 0 aliphatic heterocycles. The van der Waals surface area contributed by atoms with E-state index in [0.717, 1.165) is 5.75 Å². The van der Waals surface area contributed by atoms with Crippen LogP contribution in [0.15, 0.2) is 65.2 Å². The maximum Gasteiger partial charge on any atom is 0.278 e. The molecule has 6 nitrogen and oxygen atoms in total. The fourth-order valence-corrected chi connectivity index (χ4v) is 3.59. The van der Waals surface area contributed by atoms with Gasteiger partial charge < -0.3 is 9.26 Å². The summed E-state index contributed by atoms with van der Waals surface area (Å²) in [6.45, 7) is 3.88. The first-order valence-electron chi connectivity index (χ1n) is 9.62. The minimum atomic E-state index is 0.149. The van der Waals surface area contributed by atoms with Crippen LogP contribution in [0.2, 0.25) is 0 Å². The van der Waals surface area contributed by atoms with Crippen molar-refractivity contribution in [3.05, 3.63) is 83.2 Å². The molecule has 6 heteroatoms. The Hall–Kier alpha value is -3.54. The molecule has 0 unspecified atom stereocenters. The first-order valence-corrected chi connectivity index (χ1v) is 9.62. The number of nitrogens with zero attached hydrogens (tertiary/aromatic N) is 4. The molecule has 2 aromatic heterocycles. The molecule has 2 heterocycles. The molecule has 1 fully saturated rings. The number of benzene rings is 2. The first kappa shape index (κ1) is 17.6. The van der Waals surface area contributed by atoms with Crippen molar-refractivity contribution in [3.63, 3.8) is 0 Å². The van der Waals surface area contributed by atoms with Crippen molar-refractivity contribution in [2.24, 2.45) is 0 Å². The maximum absolute atomic E-state index is 5.84. The minimum Gasteiger partial charge on any atom is -0.438 e. The standard InChI is InChI=1S/C23H20N4O2/c1-15-3-5-17(6-4-15)23(13-14-23)18-7-9-19(10-8-18)28-21-12-11-20(25-26-21)22-24-16(2)27-29-22/h3-12H,13-14H2,1-2H3. The number of rotatable bonds is 5. The van der Waals surface area contributed by atoms with E-state index in [-0.39, 0.29) is 5.41 Å². The minimum absolute atomic E-state index is 0.149. The van der Waals surface area contributed by atoms with Crippen LogP contribution in [-0.2, 0) is 5.41 Å². The number of hydrogen-bond donors (Lipinski definition) is 0. The van der Waals surface area contributed by atoms with E-state index in [4.69, 9.17) is 9.26 Å². The Morgan fingerprint density at radius 3 is 2.07 bits per heavy atom. The van der Waals surface area contributed by atoms with Crippen LogP contribution >= 0.6 is 0 Å². The zero-order valence-corrected chi connectivity index (χ0v) is 16.3. The zero-order chi connectivity index (χ0) is 19.8. The van der Waals surface area contributed by atoms with Crippen molar-refractivity contribution in [1.82, 2.24) is 20.3 Å². The van der Waals surface area contributed by atoms with Gasteiger partial charge in [0, 0.05) is 11.5 Å². The van der Waals surface area contributed by atoms with Crippen LogP contribution in [0.3, 0.4) is 0 Å². The van der Waals surface area contributed by atoms with Gasteiger partial charge in [0.15, 0.2) is 11.5 Å². The second-order valence-corrected chi connectivity index (χ2v) is 7.48. The summed E-state index contributed by atoms with van der Waals surface area (Å²) < 4.78 is 10.9. The summed E-state index contributed by atoms with van der Waals surface area (Å²) in [4.78, 5) is 4.14. The predicted molar refractivity (Wildman–Crippen MR) is 108 cm³/mol. The highest BCUT2D eigenvalue weighted by Crippen LogP contribution is 2.53. The lowest BCUT2D eigenvalue weighted by Crippen LogP contribution is -2.08. The summed E-state index contributed by atoms with van der Waals surface area (Å²) in [7, 11) is 0. The third kappa shape index (κ3) is 3.38. The second-order valence-electron chi connectivity index (χ2n) is 7.48. The lowest BCUT2D eigenvalue weighted by Gasteiger charge is -2.17. The average molecular weight is 384 g/mol. The van der Waals surface area contributed by atoms with Crippen LogP contribution in [0.5, 0.6) is 11.6 Å². The van der Waals surface area contributed by atoms with Gasteiger partial charge in [-0.15, -0.1) is 10.2 Å². The highest BCUT2D eigenvalue weighted by Gasteiger charge is 2.45. The Morgan fingerprint density at radius 1 is 0.828 bits per heavy atom. The fourth-order valence-electron chi connectivity index (χ4n) is 3.59. The molecular formula is C23H20N4O2. The van der Waals surface area contributed by atoms with Gasteiger partial charge in [0.2, 0.25) is 5.88 Å². The molecular weight excluding hydrogens is 364 g/mol. The molecule has 0 bridgehead atoms. The summed E-state index contributed by atoms with van der Waals surface area (Å²) in [6.07, 6.45) is 2.36. The number of ether oxygens (including phenoxy) is 1. The molecule has 5 rings (SSSR count). The smallest absolute Gasteiger partial charge is 0.278 e. The molecule has 0 atom stereocenters. The van der Waals surface area contributed by atoms with Crippen molar-refractivity contribution >= 4 is 0 Å². The molecule has 1 aliphatic carbocycles. The SMILES string of the molecule is Cc1ccc(C2(c3ccc(Oc4ccc(-c5nc(C)no5)nn4)cc3)CC2)cc1. The van der Waals surface area contributed by atoms with Crippen molar-refractivity contribution < 1.29 is 9.26 Å². The van der Waals surface area contributed by atoms with Gasteiger partial charge in [0.25, 0.3) is 5.89 Å². The fraction of sp³-hybridized carbons (Fsp3) is 0.217. The van der Waals surface area contributed by atoms with Gasteiger partial charge in [-0.2, -0.15) is 4.98 Å². The van der Waals surface area contributed by atoms with E-state index in [0.29, 0.717) is 23.3 Å². The Bertz CT molecular complexity index is 1130. The quantitative estimate of drug-likeness (QED) is 0.481. The molecule has 0 amide bonds. The van der Waals surface area contributed by atoms with E-state index in [1.165, 1.54) is 29.5 Å². The second kappa shape index (κ2) is 6.81. The Balaban J connectivity index is 1.31. The lowest BCUT2D eigenvalue weighted by atomic mass is 9.88. The summed E-state index contributed by atoms with van der Waals surface area (Å²) in [5, 5.41) is 12.0. The summed E-state index contributed by atoms with van der Waals surface area (Å²) in [5.74, 6) is 2.04. The van der Waals surface area contributed by atoms with E-state index < -0.39 is 0 Å². The van der Waals surface area contributed by atoms with Crippen LogP contribution in [0.25, 0.3) is 11.6 Å². The third-order valence-electron chi connectivity index (χ3n) is 5.37. The average Bonchev–Trinajstić information content (AvgIpc) is 3.44. The van der Waals surface area contributed by atoms with Gasteiger partial charge in [0.1, 0.15) is 5.75 Å². The van der Waals surface area contributed by atoms with E-state index >= 15 is 0 Å². The summed E-state index contributed by atoms with van der Waals surface area (Å²) in [6, 6.07) is 20.6. The van der Waals surface area contributed by atoms with Gasteiger partial charge in [-0.25, -0.2) is 0 Å². The van der Waals surface area contributed by atoms with Crippen molar-refractivity contribution in [3.8, 4) is 23.2 Å². The largest absolute Gasteiger partial charge is 0.438 e. The molecule has 1 aliphatic rings. The Kier molecular flexibility index (Phi) is 4.12. The van der Waals surface area contributed by atoms with Gasteiger partial charge in [-0.1, -0.05) is 47.1 Å². The van der Waals surface area contributed by atoms with Crippen LogP contribution in [0.4, 0.5) is 0 Å². The van der Waals surface area contributed by atoms with Crippen molar-refractivity contribution in [2.75, 3.05) is 0 Å². The molecule has 1 saturated carbocycles. The predicted octanol–water partition coefficient (Wildman–Crippen LogP) is 5.02. The molecule has 2 aromatic carbocycles. The topological polar surface area (TPSA) is 73.9 Å². The first-order chi connectivity index (χ1) is 14.1. The third-order valence-corrected chi connectivity index (χ3v) is 5.37. The van der Waals surface area contributed by atoms with E-state index in [1.54, 1.807) is 19.1 Å². The molecule has 0 saturated heterocycles. The molecule has 0 N–H and O–H groups in total. The highest BCUT2D eigenvalue weighted by atomic mass is 16.5. The van der Waals surface area contributed by atoms with Crippen LogP contribution in [-0.4, -0.2) is 20.3 Å². The number of aromatic nitrogens is 4. The number of aryl methyl sites for hydroxylation is 2. The van der Waals surface area contributed by atoms with Crippen LogP contribution in [0.1, 0.15) is 35.4 Å². The van der Waals surface area contributed by atoms with Crippen LogP contribution < -0.4 is 4.74 Å². The zero-order valence-electron chi connectivity index (χ0n) is 16.3. The number of hydrogen-bond acceptors (Lipinski definition) is 6. The van der Waals surface area contributed by atoms with Crippen LogP contribution in [0, 0.1) is 13.8 Å². The summed E-state index contributed by atoms with van der Waals surface area (Å²) in [5.41, 5.74) is 4.66. The monoisotopic (exact) mass is 384 g/mol. The van der Waals surface area contributed by atoms with E-state index in [1.807, 2.05) is 12.1 Å². The lowest BCUT2D eigenvalue weighted by molar-refractivity contribution is 0.422. The molecule has 29 heavy (non-hydrogen) atoms. The van der Waals surface area contributed by atoms with Crippen molar-refractivity contribution in [2.45, 2.75) is 32.1 Å². The maximum atomic E-state index is 5.84. The van der Waals surface area contributed by atoms with Gasteiger partial charge in [-0.3, -0.25) is 0 Å². The highest BCUT2D eigenvalue weighted by molar-refractivity contribution is 5.48. The normalized spacial score (nSPS) is 14.6. The van der Waals surface area contributed by atoms with Crippen molar-refractivity contribution in [1.29, 1.82) is 0 Å². The van der Waals surface area contributed by atoms with Gasteiger partial charge >= 0.3 is 0 Å². The molecule has 144 valence electrons. The molecule has 4 aromatic rings. The van der Waals surface area contributed by atoms with Gasteiger partial charge in [0.05, 0.1) is 0 Å². The van der Waals surface area contributed by atoms with Gasteiger partial charge in [-0.05, 0) is 56.0 Å². The molecule has 0 radical (unpaired) electrons. The Labute approximate surface area is 168 Å².